The number of carbonyl (C=O) groups is 1. The zero-order valence-electron chi connectivity index (χ0n) is 11.5. The molecule has 2 N–H and O–H groups in total. The highest BCUT2D eigenvalue weighted by Gasteiger charge is 2.37. The predicted molar refractivity (Wildman–Crippen MR) is 70.5 cm³/mol. The van der Waals surface area contributed by atoms with Crippen molar-refractivity contribution in [1.82, 2.24) is 0 Å². The van der Waals surface area contributed by atoms with Crippen molar-refractivity contribution in [3.05, 3.63) is 53.1 Å². The van der Waals surface area contributed by atoms with Crippen LogP contribution in [-0.4, -0.2) is 16.2 Å². The molecule has 0 heterocycles. The number of rotatable bonds is 2. The van der Waals surface area contributed by atoms with E-state index in [9.17, 15) is 36.2 Å². The lowest BCUT2D eigenvalue weighted by Gasteiger charge is -2.14. The van der Waals surface area contributed by atoms with Crippen LogP contribution >= 0.6 is 0 Å². The molecule has 3 nitrogen and oxygen atoms in total. The summed E-state index contributed by atoms with van der Waals surface area (Å²) in [7, 11) is 0. The quantitative estimate of drug-likeness (QED) is 0.766. The first-order valence-electron chi connectivity index (χ1n) is 6.26. The number of hydrogen-bond acceptors (Lipinski definition) is 2. The molecular weight excluding hydrogens is 342 g/mol. The van der Waals surface area contributed by atoms with E-state index in [-0.39, 0.29) is 5.56 Å². The maximum Gasteiger partial charge on any atom is 0.420 e. The number of hydrogen-bond donors (Lipinski definition) is 2. The van der Waals surface area contributed by atoms with Gasteiger partial charge in [-0.3, -0.25) is 0 Å². The van der Waals surface area contributed by atoms with Gasteiger partial charge in [0.15, 0.2) is 0 Å². The number of alkyl halides is 6. The second-order valence-corrected chi connectivity index (χ2v) is 4.80. The summed E-state index contributed by atoms with van der Waals surface area (Å²) in [5.74, 6) is -3.34. The molecule has 0 bridgehead atoms. The van der Waals surface area contributed by atoms with E-state index in [4.69, 9.17) is 5.11 Å². The zero-order chi connectivity index (χ0) is 18.3. The molecule has 2 rings (SSSR count). The van der Waals surface area contributed by atoms with Gasteiger partial charge in [-0.05, 0) is 35.4 Å². The second-order valence-electron chi connectivity index (χ2n) is 4.80. The van der Waals surface area contributed by atoms with Gasteiger partial charge in [-0.15, -0.1) is 0 Å². The number of halogens is 6. The summed E-state index contributed by atoms with van der Waals surface area (Å²) >= 11 is 0. The minimum absolute atomic E-state index is 0.266. The van der Waals surface area contributed by atoms with Crippen LogP contribution < -0.4 is 0 Å². The number of carboxylic acid groups (broad SMARTS) is 1. The standard InChI is InChI=1S/C15H8F6O3/c16-14(17,18)9-3-1-2-7(4-9)8-5-10(13(23)24)12(22)11(6-8)15(19,20)21/h1-6,22H,(H,23,24). The Bertz CT molecular complexity index is 793. The van der Waals surface area contributed by atoms with Gasteiger partial charge < -0.3 is 10.2 Å². The third-order valence-corrected chi connectivity index (χ3v) is 3.17. The van der Waals surface area contributed by atoms with Crippen molar-refractivity contribution in [2.24, 2.45) is 0 Å². The molecule has 0 atom stereocenters. The summed E-state index contributed by atoms with van der Waals surface area (Å²) in [5, 5.41) is 18.4. The molecule has 24 heavy (non-hydrogen) atoms. The fraction of sp³-hybridized carbons (Fsp3) is 0.133. The second kappa shape index (κ2) is 5.73. The van der Waals surface area contributed by atoms with E-state index in [1.807, 2.05) is 0 Å². The molecule has 2 aromatic rings. The molecule has 0 unspecified atom stereocenters. The fourth-order valence-corrected chi connectivity index (χ4v) is 2.06. The van der Waals surface area contributed by atoms with Crippen molar-refractivity contribution < 1.29 is 41.4 Å². The lowest BCUT2D eigenvalue weighted by atomic mass is 9.97. The van der Waals surface area contributed by atoms with Crippen LogP contribution in [0.1, 0.15) is 21.5 Å². The van der Waals surface area contributed by atoms with Crippen LogP contribution in [0.3, 0.4) is 0 Å². The van der Waals surface area contributed by atoms with Gasteiger partial charge in [0, 0.05) is 0 Å². The van der Waals surface area contributed by atoms with E-state index in [2.05, 4.69) is 0 Å². The molecule has 0 aromatic heterocycles. The third-order valence-electron chi connectivity index (χ3n) is 3.17. The molecule has 0 aliphatic carbocycles. The monoisotopic (exact) mass is 350 g/mol. The average molecular weight is 350 g/mol. The largest absolute Gasteiger partial charge is 0.506 e. The van der Waals surface area contributed by atoms with Crippen LogP contribution in [0.15, 0.2) is 36.4 Å². The highest BCUT2D eigenvalue weighted by molar-refractivity contribution is 5.93. The molecule has 128 valence electrons. The number of aromatic carboxylic acids is 1. The Labute approximate surface area is 130 Å². The molecule has 0 aliphatic heterocycles. The molecule has 2 aromatic carbocycles. The van der Waals surface area contributed by atoms with Crippen molar-refractivity contribution in [3.8, 4) is 16.9 Å². The number of carboxylic acids is 1. The van der Waals surface area contributed by atoms with Crippen LogP contribution in [0.25, 0.3) is 11.1 Å². The van der Waals surface area contributed by atoms with Crippen LogP contribution in [0.5, 0.6) is 5.75 Å². The Morgan fingerprint density at radius 3 is 2.00 bits per heavy atom. The minimum atomic E-state index is -5.08. The zero-order valence-corrected chi connectivity index (χ0v) is 11.5. The maximum atomic E-state index is 12.9. The summed E-state index contributed by atoms with van der Waals surface area (Å²) in [5.41, 5.74) is -4.48. The maximum absolute atomic E-state index is 12.9. The first-order valence-corrected chi connectivity index (χ1v) is 6.26. The Morgan fingerprint density at radius 2 is 1.50 bits per heavy atom. The topological polar surface area (TPSA) is 57.5 Å². The van der Waals surface area contributed by atoms with E-state index in [1.54, 1.807) is 0 Å². The van der Waals surface area contributed by atoms with Gasteiger partial charge in [0.2, 0.25) is 0 Å². The Kier molecular flexibility index (Phi) is 4.21. The minimum Gasteiger partial charge on any atom is -0.506 e. The molecular formula is C15H8F6O3. The van der Waals surface area contributed by atoms with Crippen molar-refractivity contribution in [2.75, 3.05) is 0 Å². The first-order chi connectivity index (χ1) is 10.9. The summed E-state index contributed by atoms with van der Waals surface area (Å²) < 4.78 is 76.9. The van der Waals surface area contributed by atoms with Gasteiger partial charge in [0.1, 0.15) is 11.3 Å². The fourth-order valence-electron chi connectivity index (χ4n) is 2.06. The van der Waals surface area contributed by atoms with E-state index in [1.165, 1.54) is 0 Å². The normalized spacial score (nSPS) is 12.2. The SMILES string of the molecule is O=C(O)c1cc(-c2cccc(C(F)(F)F)c2)cc(C(F)(F)F)c1O. The van der Waals surface area contributed by atoms with Crippen LogP contribution in [-0.2, 0) is 12.4 Å². The number of benzene rings is 2. The van der Waals surface area contributed by atoms with Crippen molar-refractivity contribution in [3.63, 3.8) is 0 Å². The van der Waals surface area contributed by atoms with Gasteiger partial charge in [-0.25, -0.2) is 4.79 Å². The lowest BCUT2D eigenvalue weighted by Crippen LogP contribution is -2.09. The highest BCUT2D eigenvalue weighted by Crippen LogP contribution is 2.41. The first kappa shape index (κ1) is 17.6. The summed E-state index contributed by atoms with van der Waals surface area (Å²) in [6.07, 6.45) is -9.79. The molecule has 0 fully saturated rings. The van der Waals surface area contributed by atoms with Gasteiger partial charge >= 0.3 is 18.3 Å². The molecule has 0 radical (unpaired) electrons. The van der Waals surface area contributed by atoms with Crippen molar-refractivity contribution in [1.29, 1.82) is 0 Å². The Morgan fingerprint density at radius 1 is 0.875 bits per heavy atom. The molecule has 0 aliphatic rings. The molecule has 0 saturated carbocycles. The van der Waals surface area contributed by atoms with Gasteiger partial charge in [-0.1, -0.05) is 12.1 Å². The number of aromatic hydroxyl groups is 1. The van der Waals surface area contributed by atoms with Crippen LogP contribution in [0, 0.1) is 0 Å². The molecule has 0 saturated heterocycles. The highest BCUT2D eigenvalue weighted by atomic mass is 19.4. The van der Waals surface area contributed by atoms with Gasteiger partial charge in [-0.2, -0.15) is 26.3 Å². The van der Waals surface area contributed by atoms with Crippen molar-refractivity contribution in [2.45, 2.75) is 12.4 Å². The molecule has 0 spiro atoms. The van der Waals surface area contributed by atoms with E-state index < -0.39 is 46.3 Å². The summed E-state index contributed by atoms with van der Waals surface area (Å²) in [6, 6.07) is 4.50. The van der Waals surface area contributed by atoms with E-state index >= 15 is 0 Å². The summed E-state index contributed by atoms with van der Waals surface area (Å²) in [4.78, 5) is 11.0. The lowest BCUT2D eigenvalue weighted by molar-refractivity contribution is -0.139. The predicted octanol–water partition coefficient (Wildman–Crippen LogP) is 4.80. The van der Waals surface area contributed by atoms with E-state index in [0.29, 0.717) is 18.2 Å². The summed E-state index contributed by atoms with van der Waals surface area (Å²) in [6.45, 7) is 0. The van der Waals surface area contributed by atoms with Gasteiger partial charge in [0.25, 0.3) is 0 Å². The Hall–Kier alpha value is -2.71. The van der Waals surface area contributed by atoms with E-state index in [0.717, 1.165) is 18.2 Å². The molecule has 0 amide bonds. The molecule has 9 heteroatoms. The number of phenols is 1. The van der Waals surface area contributed by atoms with Crippen LogP contribution in [0.2, 0.25) is 0 Å². The average Bonchev–Trinajstić information content (AvgIpc) is 2.45. The van der Waals surface area contributed by atoms with Crippen molar-refractivity contribution >= 4 is 5.97 Å². The van der Waals surface area contributed by atoms with Crippen LogP contribution in [0.4, 0.5) is 26.3 Å². The Balaban J connectivity index is 2.72. The third kappa shape index (κ3) is 3.44. The smallest absolute Gasteiger partial charge is 0.420 e. The van der Waals surface area contributed by atoms with Gasteiger partial charge in [0.05, 0.1) is 11.1 Å².